The fourth-order valence-corrected chi connectivity index (χ4v) is 7.12. The van der Waals surface area contributed by atoms with Crippen LogP contribution in [0.15, 0.2) is 36.4 Å². The van der Waals surface area contributed by atoms with Crippen molar-refractivity contribution in [3.63, 3.8) is 0 Å². The maximum atomic E-state index is 14.7. The van der Waals surface area contributed by atoms with E-state index in [1.165, 1.54) is 34.1 Å². The molecular weight excluding hydrogens is 762 g/mol. The van der Waals surface area contributed by atoms with Crippen molar-refractivity contribution in [2.24, 2.45) is 0 Å². The fraction of sp³-hybridized carbons (Fsp3) is 0.303. The van der Waals surface area contributed by atoms with Gasteiger partial charge in [0.2, 0.25) is 5.91 Å². The number of piperidine rings is 1. The second-order valence-electron chi connectivity index (χ2n) is 12.7. The summed E-state index contributed by atoms with van der Waals surface area (Å²) in [7, 11) is -1.94. The van der Waals surface area contributed by atoms with Crippen LogP contribution < -0.4 is 15.3 Å². The lowest BCUT2D eigenvalue weighted by molar-refractivity contribution is -0.123. The summed E-state index contributed by atoms with van der Waals surface area (Å²) >= 11 is 12.3. The Hall–Kier alpha value is -5.53. The van der Waals surface area contributed by atoms with Gasteiger partial charge in [0.1, 0.15) is 28.9 Å². The number of phenols is 3. The molecule has 3 heterocycles. The quantitative estimate of drug-likeness (QED) is 0.136. The van der Waals surface area contributed by atoms with Crippen molar-refractivity contribution in [3.05, 3.63) is 80.3 Å². The molecular formula is C33H30BCl2F2N5O11. The van der Waals surface area contributed by atoms with E-state index in [4.69, 9.17) is 27.9 Å². The van der Waals surface area contributed by atoms with Crippen LogP contribution in [-0.4, -0.2) is 115 Å². The van der Waals surface area contributed by atoms with Crippen molar-refractivity contribution in [3.8, 4) is 23.0 Å². The van der Waals surface area contributed by atoms with Gasteiger partial charge in [-0.1, -0.05) is 35.3 Å². The monoisotopic (exact) mass is 791 g/mol. The molecule has 0 saturated carbocycles. The average Bonchev–Trinajstić information content (AvgIpc) is 3.53. The summed E-state index contributed by atoms with van der Waals surface area (Å²) in [6.45, 7) is 0.402. The lowest BCUT2D eigenvalue weighted by Gasteiger charge is -2.36. The van der Waals surface area contributed by atoms with Gasteiger partial charge >= 0.3 is 25.1 Å². The zero-order chi connectivity index (χ0) is 39.2. The topological polar surface area (TPSA) is 230 Å². The standard InChI is InChI=1S/C33H30BCl2F2N5O11/c35-23-16(2-1-3-20(23)44)30(48)41-8-6-15(7-9-41)42-10-11-43(33(42)52)32(51)40-25(17-13-19(38)26(45)27(46)24(17)36)29(47)39-21-12-14-4-5-18(37)22(31(49)50)28(14)54-34(21)53/h1-5,13,15,21,25,44-46,53H,6-12H2,(H,39,47)(H,40,51)(H,49,50)/t21-,25-/m0/s1. The third kappa shape index (κ3) is 7.08. The number of likely N-dealkylation sites (tertiary alicyclic amines) is 1. The predicted octanol–water partition coefficient (Wildman–Crippen LogP) is 3.02. The molecule has 3 aromatic carbocycles. The van der Waals surface area contributed by atoms with Crippen molar-refractivity contribution >= 4 is 60.2 Å². The van der Waals surface area contributed by atoms with Gasteiger partial charge < -0.3 is 50.5 Å². The molecule has 54 heavy (non-hydrogen) atoms. The number of hydrogen-bond acceptors (Lipinski definition) is 10. The Labute approximate surface area is 314 Å². The van der Waals surface area contributed by atoms with E-state index in [2.05, 4.69) is 10.6 Å². The van der Waals surface area contributed by atoms with Crippen LogP contribution in [0.4, 0.5) is 18.4 Å². The summed E-state index contributed by atoms with van der Waals surface area (Å²) in [5, 5.41) is 54.0. The second kappa shape index (κ2) is 15.1. The highest BCUT2D eigenvalue weighted by molar-refractivity contribution is 6.47. The molecule has 0 aliphatic carbocycles. The van der Waals surface area contributed by atoms with E-state index in [-0.39, 0.29) is 60.5 Å². The number of carboxylic acids is 1. The summed E-state index contributed by atoms with van der Waals surface area (Å²) in [5.41, 5.74) is -1.18. The van der Waals surface area contributed by atoms with Gasteiger partial charge in [0, 0.05) is 37.8 Å². The van der Waals surface area contributed by atoms with Crippen molar-refractivity contribution < 1.29 is 62.9 Å². The predicted molar refractivity (Wildman–Crippen MR) is 184 cm³/mol. The molecule has 6 rings (SSSR count). The van der Waals surface area contributed by atoms with Crippen molar-refractivity contribution in [2.45, 2.75) is 37.3 Å². The number of halogens is 4. The summed E-state index contributed by atoms with van der Waals surface area (Å²) < 4.78 is 34.2. The van der Waals surface area contributed by atoms with E-state index in [0.717, 1.165) is 11.0 Å². The van der Waals surface area contributed by atoms with Crippen LogP contribution in [0.5, 0.6) is 23.0 Å². The molecule has 2 atom stereocenters. The van der Waals surface area contributed by atoms with Crippen LogP contribution in [0.1, 0.15) is 50.7 Å². The molecule has 16 nitrogen and oxygen atoms in total. The number of aromatic hydroxyl groups is 3. The molecule has 0 unspecified atom stereocenters. The molecule has 2 fully saturated rings. The molecule has 6 amide bonds. The third-order valence-electron chi connectivity index (χ3n) is 9.48. The number of nitrogens with zero attached hydrogens (tertiary/aromatic N) is 3. The number of rotatable bonds is 7. The lowest BCUT2D eigenvalue weighted by Crippen LogP contribution is -2.56. The molecule has 3 aliphatic rings. The minimum atomic E-state index is -1.97. The molecule has 0 aromatic heterocycles. The van der Waals surface area contributed by atoms with E-state index >= 15 is 0 Å². The Bertz CT molecular complexity index is 2070. The lowest BCUT2D eigenvalue weighted by atomic mass is 9.72. The first kappa shape index (κ1) is 38.2. The first-order valence-electron chi connectivity index (χ1n) is 16.3. The van der Waals surface area contributed by atoms with Crippen molar-refractivity contribution in [2.75, 3.05) is 26.2 Å². The number of imide groups is 1. The molecule has 21 heteroatoms. The largest absolute Gasteiger partial charge is 0.547 e. The van der Waals surface area contributed by atoms with Gasteiger partial charge in [-0.2, -0.15) is 0 Å². The van der Waals surface area contributed by atoms with Crippen molar-refractivity contribution in [1.82, 2.24) is 25.3 Å². The molecule has 3 aromatic rings. The minimum absolute atomic E-state index is 0.0828. The molecule has 284 valence electrons. The maximum Gasteiger partial charge on any atom is 0.547 e. The van der Waals surface area contributed by atoms with Crippen LogP contribution in [0.2, 0.25) is 10.0 Å². The van der Waals surface area contributed by atoms with E-state index in [0.29, 0.717) is 18.9 Å². The fourth-order valence-electron chi connectivity index (χ4n) is 6.66. The van der Waals surface area contributed by atoms with Crippen LogP contribution in [-0.2, 0) is 11.2 Å². The number of fused-ring (bicyclic) bond motifs is 1. The highest BCUT2D eigenvalue weighted by atomic mass is 35.5. The molecule has 2 saturated heterocycles. The first-order valence-corrected chi connectivity index (χ1v) is 17.1. The van der Waals surface area contributed by atoms with Gasteiger partial charge in [-0.3, -0.25) is 9.59 Å². The smallest absolute Gasteiger partial charge is 0.534 e. The number of aromatic carboxylic acids is 1. The zero-order valence-corrected chi connectivity index (χ0v) is 29.3. The summed E-state index contributed by atoms with van der Waals surface area (Å²) in [4.78, 5) is 69.4. The first-order chi connectivity index (χ1) is 25.6. The zero-order valence-electron chi connectivity index (χ0n) is 27.8. The number of carboxylic acid groups (broad SMARTS) is 1. The Balaban J connectivity index is 1.17. The Morgan fingerprint density at radius 2 is 1.65 bits per heavy atom. The van der Waals surface area contributed by atoms with E-state index in [1.807, 2.05) is 0 Å². The van der Waals surface area contributed by atoms with Gasteiger partial charge in [0.05, 0.1) is 21.5 Å². The summed E-state index contributed by atoms with van der Waals surface area (Å²) in [6.07, 6.45) is 0.383. The third-order valence-corrected chi connectivity index (χ3v) is 10.3. The van der Waals surface area contributed by atoms with Crippen LogP contribution >= 0.6 is 23.2 Å². The van der Waals surface area contributed by atoms with Gasteiger partial charge in [-0.15, -0.1) is 0 Å². The number of amides is 6. The van der Waals surface area contributed by atoms with E-state index in [1.54, 1.807) is 0 Å². The van der Waals surface area contributed by atoms with Gasteiger partial charge in [-0.05, 0) is 49.1 Å². The van der Waals surface area contributed by atoms with Crippen LogP contribution in [0.25, 0.3) is 0 Å². The number of carbonyl (C=O) groups excluding carboxylic acids is 4. The minimum Gasteiger partial charge on any atom is -0.534 e. The Morgan fingerprint density at radius 1 is 0.944 bits per heavy atom. The summed E-state index contributed by atoms with van der Waals surface area (Å²) in [6, 6.07) is 2.70. The molecule has 0 radical (unpaired) electrons. The van der Waals surface area contributed by atoms with Crippen molar-refractivity contribution in [1.29, 1.82) is 0 Å². The highest BCUT2D eigenvalue weighted by Crippen LogP contribution is 2.41. The van der Waals surface area contributed by atoms with Crippen LogP contribution in [0.3, 0.4) is 0 Å². The van der Waals surface area contributed by atoms with Gasteiger partial charge in [-0.25, -0.2) is 28.1 Å². The number of nitrogens with one attached hydrogen (secondary N) is 2. The highest BCUT2D eigenvalue weighted by Gasteiger charge is 2.43. The number of carbonyl (C=O) groups is 5. The Morgan fingerprint density at radius 3 is 2.33 bits per heavy atom. The summed E-state index contributed by atoms with van der Waals surface area (Å²) in [5.74, 6) is -10.2. The molecule has 0 spiro atoms. The van der Waals surface area contributed by atoms with Crippen LogP contribution in [0, 0.1) is 11.6 Å². The number of phenolic OH excluding ortho intramolecular Hbond substituents is 3. The second-order valence-corrected chi connectivity index (χ2v) is 13.4. The number of benzene rings is 3. The molecule has 7 N–H and O–H groups in total. The van der Waals surface area contributed by atoms with E-state index in [9.17, 15) is 58.2 Å². The average molecular weight is 792 g/mol. The van der Waals surface area contributed by atoms with E-state index < -0.39 is 94.0 Å². The number of hydrogen-bond donors (Lipinski definition) is 7. The Kier molecular flexibility index (Phi) is 10.7. The van der Waals surface area contributed by atoms with Gasteiger partial charge in [0.15, 0.2) is 17.3 Å². The molecule has 0 bridgehead atoms. The number of urea groups is 2. The molecule has 3 aliphatic heterocycles. The maximum absolute atomic E-state index is 14.7. The van der Waals surface area contributed by atoms with Gasteiger partial charge in [0.25, 0.3) is 5.91 Å². The normalized spacial score (nSPS) is 17.9. The SMILES string of the molecule is O=C(O)c1c(F)ccc2c1OB(O)[C@@H](NC(=O)[C@@H](NC(=O)N1CCN(C3CCN(C(=O)c4cccc(O)c4Cl)CC3)C1=O)c1cc(F)c(O)c(O)c1Cl)C2.